The smallest absolute Gasteiger partial charge is 0.131 e. The Morgan fingerprint density at radius 3 is 2.10 bits per heavy atom. The number of para-hydroxylation sites is 2. The van der Waals surface area contributed by atoms with Gasteiger partial charge in [0.2, 0.25) is 0 Å². The maximum absolute atomic E-state index is 7.05. The average molecular weight is 511 g/mol. The van der Waals surface area contributed by atoms with E-state index in [2.05, 4.69) is 107 Å². The molecule has 2 aromatic carbocycles. The summed E-state index contributed by atoms with van der Waals surface area (Å²) >= 11 is 0. The number of pyridine rings is 1. The molecule has 39 heavy (non-hydrogen) atoms. The Balaban J connectivity index is 1.34. The molecule has 1 saturated heterocycles. The van der Waals surface area contributed by atoms with Gasteiger partial charge in [-0.05, 0) is 66.1 Å². The van der Waals surface area contributed by atoms with Crippen LogP contribution in [0.25, 0.3) is 5.57 Å². The van der Waals surface area contributed by atoms with Crippen molar-refractivity contribution in [3.63, 3.8) is 0 Å². The first kappa shape index (κ1) is 22.9. The quantitative estimate of drug-likeness (QED) is 0.425. The zero-order valence-corrected chi connectivity index (χ0v) is 21.7. The lowest BCUT2D eigenvalue weighted by Crippen LogP contribution is -2.58. The highest BCUT2D eigenvalue weighted by atomic mass is 16.5. The normalized spacial score (nSPS) is 27.6. The second kappa shape index (κ2) is 9.04. The van der Waals surface area contributed by atoms with Crippen molar-refractivity contribution in [2.75, 3.05) is 13.1 Å². The minimum absolute atomic E-state index is 0.0824. The predicted octanol–water partition coefficient (Wildman–Crippen LogP) is 6.54. The van der Waals surface area contributed by atoms with Crippen LogP contribution in [0.15, 0.2) is 127 Å². The molecule has 0 radical (unpaired) electrons. The molecule has 4 heterocycles. The molecule has 8 rings (SSSR count). The van der Waals surface area contributed by atoms with Crippen LogP contribution in [0, 0.1) is 11.8 Å². The van der Waals surface area contributed by atoms with Crippen molar-refractivity contribution in [1.82, 2.24) is 10.3 Å². The summed E-state index contributed by atoms with van der Waals surface area (Å²) in [6.07, 6.45) is 19.1. The number of rotatable bonds is 2. The number of aromatic nitrogens is 1. The first-order valence-corrected chi connectivity index (χ1v) is 14.0. The van der Waals surface area contributed by atoms with Crippen molar-refractivity contribution < 1.29 is 9.47 Å². The SMILES string of the molecule is C1=CC2C(C=C1C1=CCCNC1)OC1C=C(c3ccccn3)C=CC1C21c2ccccc2Oc2ccccc21. The van der Waals surface area contributed by atoms with Crippen molar-refractivity contribution in [3.05, 3.63) is 143 Å². The fourth-order valence-corrected chi connectivity index (χ4v) is 7.34. The molecule has 1 fully saturated rings. The maximum atomic E-state index is 7.05. The van der Waals surface area contributed by atoms with Gasteiger partial charge in [-0.25, -0.2) is 0 Å². The highest BCUT2D eigenvalue weighted by Crippen LogP contribution is 2.62. The van der Waals surface area contributed by atoms with Gasteiger partial charge in [-0.3, -0.25) is 4.98 Å². The maximum Gasteiger partial charge on any atom is 0.131 e. The summed E-state index contributed by atoms with van der Waals surface area (Å²) in [6.45, 7) is 1.94. The van der Waals surface area contributed by atoms with E-state index in [9.17, 15) is 0 Å². The Morgan fingerprint density at radius 1 is 0.769 bits per heavy atom. The van der Waals surface area contributed by atoms with Gasteiger partial charge >= 0.3 is 0 Å². The van der Waals surface area contributed by atoms with E-state index in [1.807, 2.05) is 18.3 Å². The van der Waals surface area contributed by atoms with Gasteiger partial charge in [0.05, 0.1) is 17.9 Å². The van der Waals surface area contributed by atoms with E-state index in [1.165, 1.54) is 22.3 Å². The molecular formula is C35H30N2O2. The summed E-state index contributed by atoms with van der Waals surface area (Å²) in [7, 11) is 0. The van der Waals surface area contributed by atoms with Gasteiger partial charge in [-0.2, -0.15) is 0 Å². The molecule has 1 spiro atoms. The summed E-state index contributed by atoms with van der Waals surface area (Å²) in [4.78, 5) is 4.64. The van der Waals surface area contributed by atoms with Crippen molar-refractivity contribution in [3.8, 4) is 11.5 Å². The average Bonchev–Trinajstić information content (AvgIpc) is 3.01. The molecule has 3 aliphatic heterocycles. The molecule has 4 heteroatoms. The Kier molecular flexibility index (Phi) is 5.32. The molecule has 1 aromatic heterocycles. The molecule has 192 valence electrons. The number of nitrogens with one attached hydrogen (secondary N) is 1. The Hall–Kier alpha value is -3.99. The van der Waals surface area contributed by atoms with Crippen molar-refractivity contribution in [2.24, 2.45) is 11.8 Å². The Morgan fingerprint density at radius 2 is 1.44 bits per heavy atom. The molecule has 0 bridgehead atoms. The van der Waals surface area contributed by atoms with Gasteiger partial charge in [-0.1, -0.05) is 72.8 Å². The highest BCUT2D eigenvalue weighted by Gasteiger charge is 2.59. The lowest BCUT2D eigenvalue weighted by atomic mass is 9.52. The zero-order valence-electron chi connectivity index (χ0n) is 21.7. The van der Waals surface area contributed by atoms with Gasteiger partial charge in [0.25, 0.3) is 0 Å². The lowest BCUT2D eigenvalue weighted by Gasteiger charge is -2.57. The van der Waals surface area contributed by atoms with Crippen LogP contribution in [-0.4, -0.2) is 30.3 Å². The van der Waals surface area contributed by atoms with Crippen LogP contribution < -0.4 is 10.1 Å². The van der Waals surface area contributed by atoms with E-state index in [0.717, 1.165) is 42.3 Å². The van der Waals surface area contributed by atoms with Gasteiger partial charge < -0.3 is 14.8 Å². The molecule has 2 aliphatic carbocycles. The molecule has 1 N–H and O–H groups in total. The number of hydrogen-bond donors (Lipinski definition) is 1. The van der Waals surface area contributed by atoms with Crippen molar-refractivity contribution >= 4 is 5.57 Å². The standard InChI is InChI=1S/C35H30N2O2/c1-3-12-31-26(9-1)35(27-10-2-4-13-32(27)38-31)28-16-14-23(25-8-7-18-36-22-25)20-33(28)39-34-21-24(15-17-29(34)35)30-11-5-6-19-37-30/h1-6,8-17,19-21,28-29,33-34,36H,7,18,22H2. The molecule has 0 saturated carbocycles. The molecular weight excluding hydrogens is 480 g/mol. The van der Waals surface area contributed by atoms with E-state index < -0.39 is 0 Å². The van der Waals surface area contributed by atoms with E-state index in [1.54, 1.807) is 0 Å². The van der Waals surface area contributed by atoms with Gasteiger partial charge in [0, 0.05) is 41.1 Å². The van der Waals surface area contributed by atoms with Crippen LogP contribution in [0.2, 0.25) is 0 Å². The first-order chi connectivity index (χ1) is 19.3. The predicted molar refractivity (Wildman–Crippen MR) is 154 cm³/mol. The van der Waals surface area contributed by atoms with Crippen LogP contribution in [0.4, 0.5) is 0 Å². The van der Waals surface area contributed by atoms with Gasteiger partial charge in [0.1, 0.15) is 11.5 Å². The fourth-order valence-electron chi connectivity index (χ4n) is 7.34. The second-order valence-corrected chi connectivity index (χ2v) is 11.0. The van der Waals surface area contributed by atoms with Crippen LogP contribution in [0.1, 0.15) is 23.2 Å². The van der Waals surface area contributed by atoms with E-state index >= 15 is 0 Å². The molecule has 4 atom stereocenters. The largest absolute Gasteiger partial charge is 0.457 e. The number of allylic oxidation sites excluding steroid dienone is 3. The summed E-state index contributed by atoms with van der Waals surface area (Å²) in [5, 5.41) is 3.53. The summed E-state index contributed by atoms with van der Waals surface area (Å²) < 4.78 is 13.6. The van der Waals surface area contributed by atoms with Crippen LogP contribution >= 0.6 is 0 Å². The van der Waals surface area contributed by atoms with E-state index in [0.29, 0.717) is 0 Å². The summed E-state index contributed by atoms with van der Waals surface area (Å²) in [5.41, 5.74) is 6.82. The summed E-state index contributed by atoms with van der Waals surface area (Å²) in [6, 6.07) is 23.2. The summed E-state index contributed by atoms with van der Waals surface area (Å²) in [5.74, 6) is 2.07. The minimum Gasteiger partial charge on any atom is -0.457 e. The monoisotopic (exact) mass is 510 g/mol. The van der Waals surface area contributed by atoms with Crippen LogP contribution in [0.3, 0.4) is 0 Å². The number of ether oxygens (including phenoxy) is 2. The zero-order chi connectivity index (χ0) is 25.8. The molecule has 4 unspecified atom stereocenters. The number of hydrogen-bond acceptors (Lipinski definition) is 4. The lowest BCUT2D eigenvalue weighted by molar-refractivity contribution is -0.0837. The molecule has 0 amide bonds. The van der Waals surface area contributed by atoms with Gasteiger partial charge in [0.15, 0.2) is 0 Å². The molecule has 4 nitrogen and oxygen atoms in total. The number of fused-ring (bicyclic) bond motifs is 8. The fraction of sp³-hybridized carbons (Fsp3) is 0.229. The third kappa shape index (κ3) is 3.48. The van der Waals surface area contributed by atoms with E-state index in [-0.39, 0.29) is 29.5 Å². The van der Waals surface area contributed by atoms with Crippen LogP contribution in [-0.2, 0) is 10.2 Å². The molecule has 5 aliphatic rings. The van der Waals surface area contributed by atoms with Crippen molar-refractivity contribution in [1.29, 1.82) is 0 Å². The first-order valence-electron chi connectivity index (χ1n) is 14.0. The third-order valence-corrected chi connectivity index (χ3v) is 8.97. The van der Waals surface area contributed by atoms with Gasteiger partial charge in [-0.15, -0.1) is 0 Å². The van der Waals surface area contributed by atoms with E-state index in [4.69, 9.17) is 9.47 Å². The topological polar surface area (TPSA) is 43.4 Å². The Bertz CT molecular complexity index is 1550. The minimum atomic E-state index is -0.348. The second-order valence-electron chi connectivity index (χ2n) is 11.0. The molecule has 3 aromatic rings. The Labute approximate surface area is 229 Å². The van der Waals surface area contributed by atoms with Crippen molar-refractivity contribution in [2.45, 2.75) is 24.0 Å². The number of nitrogens with zero attached hydrogens (tertiary/aromatic N) is 1. The van der Waals surface area contributed by atoms with Crippen LogP contribution in [0.5, 0.6) is 11.5 Å². The highest BCUT2D eigenvalue weighted by molar-refractivity contribution is 5.74. The number of benzene rings is 2. The third-order valence-electron chi connectivity index (χ3n) is 8.97.